The van der Waals surface area contributed by atoms with E-state index in [1.54, 1.807) is 0 Å². The van der Waals surface area contributed by atoms with E-state index < -0.39 is 23.6 Å². The number of aliphatic hydroxyl groups excluding tert-OH is 1. The number of carbonyl (C=O) groups excluding carboxylic acids is 1. The van der Waals surface area contributed by atoms with Crippen molar-refractivity contribution >= 4 is 18.1 Å². The molecule has 3 N–H and O–H groups in total. The lowest BCUT2D eigenvalue weighted by atomic mass is 10.5. The predicted molar refractivity (Wildman–Crippen MR) is 51.7 cm³/mol. The highest BCUT2D eigenvalue weighted by Gasteiger charge is 2.10. The second-order valence-electron chi connectivity index (χ2n) is 2.47. The topological polar surface area (TPSA) is 130 Å². The lowest BCUT2D eigenvalue weighted by molar-refractivity contribution is -0.402. The number of aliphatic hydroxyl groups is 1. The van der Waals surface area contributed by atoms with Crippen LogP contribution in [0.2, 0.25) is 0 Å². The number of hydrogen-bond donors (Lipinski definition) is 3. The van der Waals surface area contributed by atoms with Crippen LogP contribution in [-0.2, 0) is 0 Å². The minimum absolute atomic E-state index is 0.121. The molecule has 0 aromatic carbocycles. The van der Waals surface area contributed by atoms with Crippen molar-refractivity contribution in [2.45, 2.75) is 0 Å². The summed E-state index contributed by atoms with van der Waals surface area (Å²) in [5.41, 5.74) is 2.00. The maximum absolute atomic E-state index is 10.7. The van der Waals surface area contributed by atoms with E-state index in [9.17, 15) is 14.9 Å². The summed E-state index contributed by atoms with van der Waals surface area (Å²) in [6.45, 7) is -0.520. The highest BCUT2D eigenvalue weighted by atomic mass is 16.6. The molecule has 1 rings (SSSR count). The zero-order valence-electron chi connectivity index (χ0n) is 7.91. The third-order valence-corrected chi connectivity index (χ3v) is 1.39. The molecule has 1 aromatic rings. The van der Waals surface area contributed by atoms with Crippen molar-refractivity contribution in [1.82, 2.24) is 10.7 Å². The summed E-state index contributed by atoms with van der Waals surface area (Å²) in [6, 6.07) is 1.78. The van der Waals surface area contributed by atoms with Gasteiger partial charge >= 0.3 is 11.9 Å². The standard InChI is InChI=1S/C7H8N4O5/c12-4-8-7(13)10-9-3-5-1-2-6(16-5)11(14)15/h1-3,12H,4H2,(H2,8,10,13)/b9-3+. The molecule has 16 heavy (non-hydrogen) atoms. The minimum Gasteiger partial charge on any atom is -0.400 e. The van der Waals surface area contributed by atoms with Gasteiger partial charge in [0.15, 0.2) is 5.76 Å². The van der Waals surface area contributed by atoms with Crippen LogP contribution in [-0.4, -0.2) is 29.0 Å². The van der Waals surface area contributed by atoms with Crippen molar-refractivity contribution < 1.29 is 19.2 Å². The van der Waals surface area contributed by atoms with Crippen molar-refractivity contribution in [3.8, 4) is 0 Å². The Morgan fingerprint density at radius 2 is 2.44 bits per heavy atom. The zero-order valence-corrected chi connectivity index (χ0v) is 7.91. The number of carbonyl (C=O) groups is 1. The number of hydrogen-bond acceptors (Lipinski definition) is 6. The number of amides is 2. The Balaban J connectivity index is 2.50. The van der Waals surface area contributed by atoms with E-state index in [0.29, 0.717) is 0 Å². The fraction of sp³-hybridized carbons (Fsp3) is 0.143. The lowest BCUT2D eigenvalue weighted by Gasteiger charge is -1.97. The molecule has 0 aliphatic carbocycles. The summed E-state index contributed by atoms with van der Waals surface area (Å²) in [7, 11) is 0. The smallest absolute Gasteiger partial charge is 0.400 e. The molecule has 0 atom stereocenters. The first-order chi connectivity index (χ1) is 7.63. The van der Waals surface area contributed by atoms with Crippen molar-refractivity contribution in [1.29, 1.82) is 0 Å². The molecule has 2 amide bonds. The van der Waals surface area contributed by atoms with Crippen LogP contribution < -0.4 is 10.7 Å². The SMILES string of the molecule is O=C(NCO)N/N=C/c1ccc([N+](=O)[O-])o1. The summed E-state index contributed by atoms with van der Waals surface area (Å²) in [5, 5.41) is 24.0. The Labute approximate surface area is 88.9 Å². The van der Waals surface area contributed by atoms with E-state index in [0.717, 1.165) is 12.3 Å². The van der Waals surface area contributed by atoms with Gasteiger partial charge in [-0.25, -0.2) is 10.2 Å². The Morgan fingerprint density at radius 3 is 3.00 bits per heavy atom. The first-order valence-electron chi connectivity index (χ1n) is 4.05. The highest BCUT2D eigenvalue weighted by Crippen LogP contribution is 2.13. The van der Waals surface area contributed by atoms with Crippen LogP contribution in [0.3, 0.4) is 0 Å². The minimum atomic E-state index is -0.709. The number of hydrazone groups is 1. The molecule has 0 aliphatic rings. The van der Waals surface area contributed by atoms with E-state index in [1.807, 2.05) is 10.7 Å². The average Bonchev–Trinajstić information content (AvgIpc) is 2.67. The summed E-state index contributed by atoms with van der Waals surface area (Å²) in [6.07, 6.45) is 1.09. The molecule has 0 radical (unpaired) electrons. The van der Waals surface area contributed by atoms with Crippen molar-refractivity contribution in [2.75, 3.05) is 6.73 Å². The van der Waals surface area contributed by atoms with E-state index in [-0.39, 0.29) is 5.76 Å². The number of urea groups is 1. The third-order valence-electron chi connectivity index (χ3n) is 1.39. The molecule has 0 spiro atoms. The fourth-order valence-corrected chi connectivity index (χ4v) is 0.776. The van der Waals surface area contributed by atoms with Gasteiger partial charge in [-0.15, -0.1) is 0 Å². The maximum Gasteiger partial charge on any atom is 0.433 e. The highest BCUT2D eigenvalue weighted by molar-refractivity contribution is 5.79. The molecular formula is C7H8N4O5. The second-order valence-corrected chi connectivity index (χ2v) is 2.47. The van der Waals surface area contributed by atoms with Gasteiger partial charge in [-0.3, -0.25) is 10.1 Å². The van der Waals surface area contributed by atoms with Crippen molar-refractivity contribution in [2.24, 2.45) is 5.10 Å². The third kappa shape index (κ3) is 3.38. The first kappa shape index (κ1) is 11.7. The Bertz CT molecular complexity index is 413. The second kappa shape index (κ2) is 5.46. The molecule has 0 aliphatic heterocycles. The molecule has 0 bridgehead atoms. The number of nitrogens with zero attached hydrogens (tertiary/aromatic N) is 2. The summed E-state index contributed by atoms with van der Waals surface area (Å²) in [4.78, 5) is 20.3. The van der Waals surface area contributed by atoms with Crippen LogP contribution in [0, 0.1) is 10.1 Å². The summed E-state index contributed by atoms with van der Waals surface area (Å²) < 4.78 is 4.72. The van der Waals surface area contributed by atoms with Crippen molar-refractivity contribution in [3.63, 3.8) is 0 Å². The summed E-state index contributed by atoms with van der Waals surface area (Å²) >= 11 is 0. The molecule has 1 aromatic heterocycles. The van der Waals surface area contributed by atoms with E-state index in [2.05, 4.69) is 5.10 Å². The van der Waals surface area contributed by atoms with Crippen LogP contribution in [0.1, 0.15) is 5.76 Å². The largest absolute Gasteiger partial charge is 0.433 e. The Morgan fingerprint density at radius 1 is 1.69 bits per heavy atom. The van der Waals surface area contributed by atoms with Gasteiger partial charge in [-0.2, -0.15) is 5.10 Å². The predicted octanol–water partition coefficient (Wildman–Crippen LogP) is -0.229. The van der Waals surface area contributed by atoms with Crippen LogP contribution >= 0.6 is 0 Å². The van der Waals surface area contributed by atoms with Crippen LogP contribution in [0.5, 0.6) is 0 Å². The molecule has 9 nitrogen and oxygen atoms in total. The summed E-state index contributed by atoms with van der Waals surface area (Å²) in [5.74, 6) is -0.294. The van der Waals surface area contributed by atoms with Gasteiger partial charge in [0.2, 0.25) is 0 Å². The van der Waals surface area contributed by atoms with Crippen molar-refractivity contribution in [3.05, 3.63) is 28.0 Å². The van der Waals surface area contributed by atoms with Crippen LogP contribution in [0.25, 0.3) is 0 Å². The number of rotatable bonds is 4. The number of nitrogens with one attached hydrogen (secondary N) is 2. The van der Waals surface area contributed by atoms with Gasteiger partial charge in [0.25, 0.3) is 0 Å². The molecular weight excluding hydrogens is 220 g/mol. The molecule has 9 heteroatoms. The maximum atomic E-state index is 10.7. The number of nitro groups is 1. The normalized spacial score (nSPS) is 10.3. The van der Waals surface area contributed by atoms with E-state index in [1.165, 1.54) is 6.07 Å². The van der Waals surface area contributed by atoms with Gasteiger partial charge in [0.1, 0.15) is 11.7 Å². The first-order valence-corrected chi connectivity index (χ1v) is 4.05. The van der Waals surface area contributed by atoms with Gasteiger partial charge in [-0.05, 0) is 6.07 Å². The monoisotopic (exact) mass is 228 g/mol. The quantitative estimate of drug-likeness (QED) is 0.283. The molecule has 0 unspecified atom stereocenters. The van der Waals surface area contributed by atoms with Gasteiger partial charge in [0.05, 0.1) is 12.3 Å². The van der Waals surface area contributed by atoms with E-state index >= 15 is 0 Å². The van der Waals surface area contributed by atoms with E-state index in [4.69, 9.17) is 9.52 Å². The molecule has 1 heterocycles. The Kier molecular flexibility index (Phi) is 3.98. The Hall–Kier alpha value is -2.42. The van der Waals surface area contributed by atoms with Crippen LogP contribution in [0.4, 0.5) is 10.7 Å². The molecule has 86 valence electrons. The molecule has 0 saturated carbocycles. The lowest BCUT2D eigenvalue weighted by Crippen LogP contribution is -2.32. The average molecular weight is 228 g/mol. The molecule has 0 saturated heterocycles. The zero-order chi connectivity index (χ0) is 12.0. The van der Waals surface area contributed by atoms with Gasteiger partial charge < -0.3 is 14.8 Å². The van der Waals surface area contributed by atoms with Gasteiger partial charge in [-0.1, -0.05) is 0 Å². The van der Waals surface area contributed by atoms with Crippen LogP contribution in [0.15, 0.2) is 21.7 Å². The number of furan rings is 1. The fourth-order valence-electron chi connectivity index (χ4n) is 0.776. The molecule has 0 fully saturated rings. The van der Waals surface area contributed by atoms with Gasteiger partial charge in [0, 0.05) is 0 Å².